The van der Waals surface area contributed by atoms with Gasteiger partial charge in [0, 0.05) is 0 Å². The van der Waals surface area contributed by atoms with Crippen LogP contribution in [0, 0.1) is 204 Å². The van der Waals surface area contributed by atoms with Gasteiger partial charge in [-0.2, -0.15) is 39.1 Å². The van der Waals surface area contributed by atoms with Crippen molar-refractivity contribution in [2.75, 3.05) is 0 Å². The molecule has 0 aliphatic heterocycles. The van der Waals surface area contributed by atoms with Gasteiger partial charge in [-0.1, -0.05) is 0 Å². The Morgan fingerprint density at radius 3 is 0.233 bits per heavy atom. The molecule has 165 valence electrons. The predicted molar refractivity (Wildman–Crippen MR) is 38.0 cm³/mol. The van der Waals surface area contributed by atoms with Crippen LogP contribution in [0.3, 0.4) is 0 Å². The Morgan fingerprint density at radius 1 is 0.233 bits per heavy atom. The summed E-state index contributed by atoms with van der Waals surface area (Å²) in [6.45, 7) is 0. The topological polar surface area (TPSA) is 431 Å². The van der Waals surface area contributed by atoms with Gasteiger partial charge in [0.15, 0.2) is 0 Å². The minimum atomic E-state index is -5.39. The Bertz CT molecular complexity index is 385. The second-order valence-electron chi connectivity index (χ2n) is 2.24. The van der Waals surface area contributed by atoms with E-state index < -0.39 is 39.1 Å². The molecule has 20 nitrogen and oxygen atoms in total. The molecule has 0 heterocycles. The number of phosphoric acid groups is 5. The first-order valence-electron chi connectivity index (χ1n) is 3.65. The Balaban J connectivity index is -0.0000000200. The molecule has 0 aromatic carbocycles. The largest absolute Gasteiger partial charge is 3.00 e. The normalized spacial score (nSPS) is 9.83. The van der Waals surface area contributed by atoms with Gasteiger partial charge in [0.25, 0.3) is 0 Å². The van der Waals surface area contributed by atoms with Crippen molar-refractivity contribution in [2.45, 2.75) is 0 Å². The van der Waals surface area contributed by atoms with Crippen LogP contribution >= 0.6 is 39.1 Å². The van der Waals surface area contributed by atoms with Crippen molar-refractivity contribution in [1.82, 2.24) is 0 Å². The van der Waals surface area contributed by atoms with Crippen molar-refractivity contribution in [3.05, 3.63) is 0 Å². The first-order chi connectivity index (χ1) is 10.0. The van der Waals surface area contributed by atoms with Gasteiger partial charge in [-0.25, -0.2) is 0 Å². The molecule has 0 aliphatic carbocycles. The molecular weight excluding hydrogens is 1200 g/mol. The van der Waals surface area contributed by atoms with Crippen LogP contribution in [-0.2, 0) is 22.8 Å². The molecule has 30 heavy (non-hydrogen) atoms. The van der Waals surface area contributed by atoms with E-state index in [2.05, 4.69) is 0 Å². The first-order valence-corrected chi connectivity index (χ1v) is 11.0. The Hall–Kier alpha value is 7.30. The van der Waals surface area contributed by atoms with Crippen LogP contribution in [0.25, 0.3) is 0 Å². The smallest absolute Gasteiger partial charge is 0.822 e. The van der Waals surface area contributed by atoms with Gasteiger partial charge in [-0.3, -0.25) is 0 Å². The van der Waals surface area contributed by atoms with E-state index in [0.717, 1.165) is 0 Å². The summed E-state index contributed by atoms with van der Waals surface area (Å²) in [7, 11) is -26.9. The summed E-state index contributed by atoms with van der Waals surface area (Å²) in [6, 6.07) is 0. The summed E-state index contributed by atoms with van der Waals surface area (Å²) in [6.07, 6.45) is 0. The zero-order valence-electron chi connectivity index (χ0n) is 12.9. The molecule has 0 aromatic heterocycles. The molecule has 0 unspecified atom stereocenters. The SMILES string of the molecule is O=P([O-])([O-])[O-].O=P([O-])([O-])[O-].O=P([O-])([O-])[O-].O=P([O-])([O-])[O-].O=P([O-])([O-])[O-].[Nd+3].[Nd+3].[Nd+3].[Nd+3].[Nd+3]. The molecule has 5 radical (unpaired) electrons. The zero-order chi connectivity index (χ0) is 22.5. The van der Waals surface area contributed by atoms with E-state index in [1.807, 2.05) is 0 Å². The van der Waals surface area contributed by atoms with Crippen molar-refractivity contribution in [1.29, 1.82) is 0 Å². The van der Waals surface area contributed by atoms with Gasteiger partial charge < -0.3 is 96.2 Å². The first kappa shape index (κ1) is 65.9. The second-order valence-corrected chi connectivity index (χ2v) is 6.71. The summed E-state index contributed by atoms with van der Waals surface area (Å²) in [5.74, 6) is 0. The number of rotatable bonds is 0. The average Bonchev–Trinajstić information content (AvgIpc) is 1.79. The van der Waals surface area contributed by atoms with Gasteiger partial charge in [-0.15, -0.1) is 0 Å². The van der Waals surface area contributed by atoms with Crippen molar-refractivity contribution in [3.8, 4) is 0 Å². The van der Waals surface area contributed by atoms with Crippen LogP contribution in [0.5, 0.6) is 0 Å². The fourth-order valence-electron chi connectivity index (χ4n) is 0. The summed E-state index contributed by atoms with van der Waals surface area (Å²) < 4.78 is 42.7. The van der Waals surface area contributed by atoms with Crippen LogP contribution in [0.2, 0.25) is 0 Å². The van der Waals surface area contributed by atoms with E-state index in [1.165, 1.54) is 0 Å². The molecule has 0 saturated carbocycles. The van der Waals surface area contributed by atoms with Crippen LogP contribution in [-0.4, -0.2) is 0 Å². The maximum absolute atomic E-state index is 8.55. The Morgan fingerprint density at radius 2 is 0.233 bits per heavy atom. The predicted octanol–water partition coefficient (Wildman–Crippen LogP) is -14.1. The maximum atomic E-state index is 8.55. The van der Waals surface area contributed by atoms with Crippen molar-refractivity contribution in [2.24, 2.45) is 0 Å². The van der Waals surface area contributed by atoms with Crippen LogP contribution < -0.4 is 73.4 Å². The molecular formula is Nd5O20P5. The minimum Gasteiger partial charge on any atom is -0.822 e. The molecule has 0 atom stereocenters. The average molecular weight is 1200 g/mol. The van der Waals surface area contributed by atoms with Gasteiger partial charge in [0.05, 0.1) is 0 Å². The third-order valence-corrected chi connectivity index (χ3v) is 0. The number of hydrogen-bond acceptors (Lipinski definition) is 20. The minimum absolute atomic E-state index is 0. The standard InChI is InChI=1S/5Nd.5H3O4P/c;;;;;5*1-5(2,3)4/h;;;;;5*(H3,1,2,3,4)/q5*+3;;;;;/p-15. The molecule has 0 spiro atoms. The quantitative estimate of drug-likeness (QED) is 0.203. The van der Waals surface area contributed by atoms with E-state index in [1.54, 1.807) is 0 Å². The van der Waals surface area contributed by atoms with Gasteiger partial charge in [0.1, 0.15) is 0 Å². The van der Waals surface area contributed by atoms with E-state index in [4.69, 9.17) is 96.2 Å². The van der Waals surface area contributed by atoms with Crippen molar-refractivity contribution in [3.63, 3.8) is 0 Å². The van der Waals surface area contributed by atoms with Crippen molar-refractivity contribution >= 4 is 39.1 Å². The molecule has 0 aromatic rings. The summed E-state index contributed by atoms with van der Waals surface area (Å²) in [5, 5.41) is 0. The maximum Gasteiger partial charge on any atom is 3.00 e. The molecule has 0 rings (SSSR count). The molecule has 0 saturated heterocycles. The molecule has 0 bridgehead atoms. The molecule has 0 amide bonds. The Labute approximate surface area is 331 Å². The molecule has 30 heteroatoms. The summed E-state index contributed by atoms with van der Waals surface area (Å²) in [5.41, 5.74) is 0. The molecule has 0 aliphatic rings. The van der Waals surface area contributed by atoms with E-state index in [-0.39, 0.29) is 204 Å². The summed E-state index contributed by atoms with van der Waals surface area (Å²) in [4.78, 5) is 128. The number of hydrogen-bond donors (Lipinski definition) is 0. The van der Waals surface area contributed by atoms with Crippen LogP contribution in [0.4, 0.5) is 0 Å². The fraction of sp³-hybridized carbons (Fsp3) is 0. The van der Waals surface area contributed by atoms with Crippen LogP contribution in [0.1, 0.15) is 0 Å². The fourth-order valence-corrected chi connectivity index (χ4v) is 0. The second kappa shape index (κ2) is 32.5. The molecule has 0 fully saturated rings. The third kappa shape index (κ3) is 779. The Kier molecular flexibility index (Phi) is 71.5. The zero-order valence-corrected chi connectivity index (χ0v) is 33.4. The van der Waals surface area contributed by atoms with Gasteiger partial charge in [-0.05, 0) is 0 Å². The third-order valence-electron chi connectivity index (χ3n) is 0. The monoisotopic (exact) mass is 1180 g/mol. The van der Waals surface area contributed by atoms with Crippen LogP contribution in [0.15, 0.2) is 0 Å². The summed E-state index contributed by atoms with van der Waals surface area (Å²) >= 11 is 0. The van der Waals surface area contributed by atoms with E-state index >= 15 is 0 Å². The van der Waals surface area contributed by atoms with E-state index in [9.17, 15) is 0 Å². The molecule has 0 N–H and O–H groups in total. The van der Waals surface area contributed by atoms with Gasteiger partial charge in [0.2, 0.25) is 0 Å². The van der Waals surface area contributed by atoms with E-state index in [0.29, 0.717) is 0 Å². The van der Waals surface area contributed by atoms with Crippen molar-refractivity contribution < 1.29 is 300 Å². The van der Waals surface area contributed by atoms with Gasteiger partial charge >= 0.3 is 204 Å².